The summed E-state index contributed by atoms with van der Waals surface area (Å²) in [6, 6.07) is 153. The maximum Gasteiger partial charge on any atom is 0.0716 e. The van der Waals surface area contributed by atoms with Gasteiger partial charge in [0, 0.05) is 96.0 Å². The first-order chi connectivity index (χ1) is 72.7. The number of hydrogen-bond donors (Lipinski definition) is 0. The van der Waals surface area contributed by atoms with Crippen molar-refractivity contribution in [1.29, 1.82) is 0 Å². The molecule has 0 saturated heterocycles. The van der Waals surface area contributed by atoms with Crippen LogP contribution < -0.4 is 0 Å². The van der Waals surface area contributed by atoms with Gasteiger partial charge in [-0.3, -0.25) is 0 Å². The zero-order valence-corrected chi connectivity index (χ0v) is 89.7. The number of thiophene rings is 3. The van der Waals surface area contributed by atoms with Crippen LogP contribution in [-0.2, 0) is 0 Å². The maximum atomic E-state index is 5.59. The Morgan fingerprint density at radius 1 is 0.107 bits per heavy atom. The van der Waals surface area contributed by atoms with Crippen molar-refractivity contribution in [3.8, 4) is 233 Å². The Morgan fingerprint density at radius 3 is 0.413 bits per heavy atom. The molecule has 0 atom stereocenters. The molecule has 0 amide bonds. The highest BCUT2D eigenvalue weighted by atomic mass is 32.1. The van der Waals surface area contributed by atoms with Crippen molar-refractivity contribution in [1.82, 2.24) is 29.9 Å². The van der Waals surface area contributed by atoms with Gasteiger partial charge in [0.2, 0.25) is 0 Å². The van der Waals surface area contributed by atoms with Gasteiger partial charge >= 0.3 is 0 Å². The van der Waals surface area contributed by atoms with Crippen LogP contribution in [0.3, 0.4) is 0 Å². The van der Waals surface area contributed by atoms with Crippen LogP contribution in [0.4, 0.5) is 0 Å². The van der Waals surface area contributed by atoms with Crippen molar-refractivity contribution in [2.75, 3.05) is 0 Å². The molecule has 0 aliphatic heterocycles. The predicted octanol–water partition coefficient (Wildman–Crippen LogP) is 39.6. The van der Waals surface area contributed by atoms with E-state index in [0.717, 1.165) is 185 Å². The molecule has 0 radical (unpaired) electrons. The maximum absolute atomic E-state index is 5.59. The molecule has 6 nitrogen and oxygen atoms in total. The highest BCUT2D eigenvalue weighted by Crippen LogP contribution is 2.46. The number of benzene rings is 14. The number of aryl methyl sites for hydroxylation is 15. The molecule has 9 heteroatoms. The second-order valence-electron chi connectivity index (χ2n) is 40.7. The summed E-state index contributed by atoms with van der Waals surface area (Å²) in [5.41, 5.74) is 54.9. The highest BCUT2D eigenvalue weighted by Gasteiger charge is 2.24. The average molecular weight is 1990 g/mol. The molecule has 9 heterocycles. The van der Waals surface area contributed by atoms with E-state index >= 15 is 0 Å². The molecule has 0 bridgehead atoms. The Morgan fingerprint density at radius 2 is 0.240 bits per heavy atom. The Hall–Kier alpha value is -16.9. The van der Waals surface area contributed by atoms with E-state index < -0.39 is 0 Å². The smallest absolute Gasteiger partial charge is 0.0716 e. The molecule has 0 saturated carbocycles. The highest BCUT2D eigenvalue weighted by molar-refractivity contribution is 7.16. The first-order valence-electron chi connectivity index (χ1n) is 51.4. The summed E-state index contributed by atoms with van der Waals surface area (Å²) < 4.78 is 0. The molecule has 9 aromatic heterocycles. The molecule has 0 N–H and O–H groups in total. The van der Waals surface area contributed by atoms with E-state index in [1.807, 2.05) is 34.0 Å². The fourth-order valence-corrected chi connectivity index (χ4v) is 23.6. The summed E-state index contributed by atoms with van der Waals surface area (Å²) in [6.45, 7) is 32.5. The van der Waals surface area contributed by atoms with Crippen LogP contribution in [0.1, 0.15) is 81.4 Å². The largest absolute Gasteiger partial charge is 0.248 e. The summed E-state index contributed by atoms with van der Waals surface area (Å²) in [5.74, 6) is 0. The Bertz CT molecular complexity index is 7890. The number of pyridine rings is 6. The van der Waals surface area contributed by atoms with Gasteiger partial charge in [-0.25, -0.2) is 29.9 Å². The van der Waals surface area contributed by atoms with Gasteiger partial charge in [0.25, 0.3) is 0 Å². The molecule has 0 aliphatic carbocycles. The minimum absolute atomic E-state index is 0.879. The molecule has 23 rings (SSSR count). The Labute approximate surface area is 893 Å². The lowest BCUT2D eigenvalue weighted by Crippen LogP contribution is -1.97. The fourth-order valence-electron chi connectivity index (χ4n) is 21.0. The normalized spacial score (nSPS) is 11.3. The zero-order chi connectivity index (χ0) is 103. The van der Waals surface area contributed by atoms with Crippen LogP contribution in [0.5, 0.6) is 0 Å². The molecule has 0 unspecified atom stereocenters. The van der Waals surface area contributed by atoms with Gasteiger partial charge < -0.3 is 0 Å². The minimum atomic E-state index is 0.879. The SMILES string of the molecule is Cc1cc(C)cc(-c2cc(-c3cc(C)cc(C)c3)nc(-c3cc(-c4cc(-c5cc(C)cc(C)c5)cc(-c5cc(C)cc(C)c5)n4)cc(-c4cc(-c5cc(C)cc(C)c5)cc(-c5cc(C)cc(C)c5)n4)c3)c2)c1.Cc1ccc(-c2ccc(-c3cc(-c4cc(-c5cc(-c6ccccc6)nc(-c6ccc(-c7ccc(C)s7)cc6)c5)cc(-c5cc(-c6ccccc6)nc(-c6ccc(-c7ccc(C)s7)cc6)c5)c4)cc(-c4ccccc4)n3)cc2)s1. The zero-order valence-electron chi connectivity index (χ0n) is 87.2. The van der Waals surface area contributed by atoms with Crippen molar-refractivity contribution >= 4 is 34.0 Å². The lowest BCUT2D eigenvalue weighted by Gasteiger charge is -2.17. The molecule has 0 spiro atoms. The second kappa shape index (κ2) is 42.1. The molecular weight excluding hydrogens is 1870 g/mol. The van der Waals surface area contributed by atoms with Crippen LogP contribution in [0.2, 0.25) is 0 Å². The molecule has 23 aromatic rings. The van der Waals surface area contributed by atoms with Gasteiger partial charge in [-0.05, 0) is 369 Å². The van der Waals surface area contributed by atoms with Crippen LogP contribution in [0.15, 0.2) is 419 Å². The lowest BCUT2D eigenvalue weighted by molar-refractivity contribution is 1.28. The van der Waals surface area contributed by atoms with Gasteiger partial charge in [0.15, 0.2) is 0 Å². The lowest BCUT2D eigenvalue weighted by atomic mass is 9.90. The summed E-state index contributed by atoms with van der Waals surface area (Å²) in [4.78, 5) is 40.6. The topological polar surface area (TPSA) is 77.3 Å². The van der Waals surface area contributed by atoms with E-state index in [9.17, 15) is 0 Å². The fraction of sp³-hybridized carbons (Fsp3) is 0.106. The van der Waals surface area contributed by atoms with Crippen molar-refractivity contribution in [3.05, 3.63) is 500 Å². The van der Waals surface area contributed by atoms with Gasteiger partial charge in [-0.15, -0.1) is 34.0 Å². The van der Waals surface area contributed by atoms with Crippen molar-refractivity contribution in [2.45, 2.75) is 104 Å². The van der Waals surface area contributed by atoms with Gasteiger partial charge in [-0.1, -0.05) is 303 Å². The molecule has 726 valence electrons. The van der Waals surface area contributed by atoms with Crippen LogP contribution in [-0.4, -0.2) is 29.9 Å². The molecule has 150 heavy (non-hydrogen) atoms. The van der Waals surface area contributed by atoms with Crippen molar-refractivity contribution < 1.29 is 0 Å². The van der Waals surface area contributed by atoms with E-state index in [1.54, 1.807) is 0 Å². The number of aromatic nitrogens is 6. The first-order valence-corrected chi connectivity index (χ1v) is 53.8. The van der Waals surface area contributed by atoms with Gasteiger partial charge in [0.05, 0.1) is 68.3 Å². The third-order valence-electron chi connectivity index (χ3n) is 27.7. The summed E-state index contributed by atoms with van der Waals surface area (Å²) in [5, 5.41) is 0. The summed E-state index contributed by atoms with van der Waals surface area (Å²) in [6.07, 6.45) is 0. The molecule has 0 fully saturated rings. The van der Waals surface area contributed by atoms with Crippen LogP contribution >= 0.6 is 34.0 Å². The standard InChI is InChI=1S/C72H51N3S3.C69H63N3/c1-46-19-34-70(76-46)55-28-22-52(23-29-55)67-43-61(40-64(73-67)49-13-7-4-8-14-49)58-37-59(62-41-65(50-15-9-5-10-16-50)74-68(44-62)53-24-30-56(31-25-53)71-35-20-47(2)77-71)39-60(38-58)63-42-66(51-17-11-6-12-18-51)75-69(45-63)54-26-32-57(33-27-54)72-36-21-48(3)78-72;1-40-13-41(2)20-52(19-40)55-34-64(58-25-46(7)16-47(8)26-58)70-67(37-55)61-31-62(68-38-56(53-21-42(3)14-43(4)22-53)35-65(71-68)59-27-48(9)17-49(10)28-59)33-63(32-61)69-39-57(54-23-44(5)15-45(6)24-54)36-66(72-69)60-29-50(11)18-51(12)30-60/h4-45H,1-3H3;13-39H,1-12H3. The first kappa shape index (κ1) is 97.8. The van der Waals surface area contributed by atoms with Crippen LogP contribution in [0, 0.1) is 104 Å². The number of rotatable bonds is 21. The third kappa shape index (κ3) is 22.2. The van der Waals surface area contributed by atoms with E-state index in [-0.39, 0.29) is 0 Å². The van der Waals surface area contributed by atoms with Crippen LogP contribution in [0.25, 0.3) is 233 Å². The van der Waals surface area contributed by atoms with E-state index in [1.165, 1.54) is 129 Å². The van der Waals surface area contributed by atoms with E-state index in [2.05, 4.69) is 522 Å². The third-order valence-corrected chi connectivity index (χ3v) is 30.9. The summed E-state index contributed by atoms with van der Waals surface area (Å²) >= 11 is 5.45. The molecule has 14 aromatic carbocycles. The Kier molecular flexibility index (Phi) is 27.5. The number of hydrogen-bond acceptors (Lipinski definition) is 9. The predicted molar refractivity (Wildman–Crippen MR) is 638 cm³/mol. The summed E-state index contributed by atoms with van der Waals surface area (Å²) in [7, 11) is 0. The monoisotopic (exact) mass is 1990 g/mol. The molecule has 0 aliphatic rings. The van der Waals surface area contributed by atoms with E-state index in [4.69, 9.17) is 29.9 Å². The average Bonchev–Trinajstić information content (AvgIpc) is 0.824. The van der Waals surface area contributed by atoms with Crippen molar-refractivity contribution in [3.63, 3.8) is 0 Å². The molecular formula is C141H114N6S3. The van der Waals surface area contributed by atoms with Gasteiger partial charge in [0.1, 0.15) is 0 Å². The Balaban J connectivity index is 0.000000170. The number of nitrogens with zero attached hydrogens (tertiary/aromatic N) is 6. The minimum Gasteiger partial charge on any atom is -0.248 e. The quantitative estimate of drug-likeness (QED) is 0.0713. The second-order valence-corrected chi connectivity index (χ2v) is 44.5. The van der Waals surface area contributed by atoms with E-state index in [0.29, 0.717) is 0 Å². The van der Waals surface area contributed by atoms with Gasteiger partial charge in [-0.2, -0.15) is 0 Å². The van der Waals surface area contributed by atoms with Crippen molar-refractivity contribution in [2.24, 2.45) is 0 Å².